The Morgan fingerprint density at radius 3 is 1.31 bits per heavy atom. The molecule has 0 aromatic carbocycles. The van der Waals surface area contributed by atoms with Crippen molar-refractivity contribution >= 4 is 11.9 Å². The van der Waals surface area contributed by atoms with E-state index in [1.165, 1.54) is 161 Å². The zero-order valence-corrected chi connectivity index (χ0v) is 34.8. The van der Waals surface area contributed by atoms with E-state index >= 15 is 0 Å². The summed E-state index contributed by atoms with van der Waals surface area (Å²) in [5, 5.41) is 22.9. The van der Waals surface area contributed by atoms with Gasteiger partial charge in [0.1, 0.15) is 0 Å². The Morgan fingerprint density at radius 1 is 0.519 bits per heavy atom. The van der Waals surface area contributed by atoms with Crippen molar-refractivity contribution in [2.75, 3.05) is 13.2 Å². The second-order valence-electron chi connectivity index (χ2n) is 15.7. The van der Waals surface area contributed by atoms with Crippen LogP contribution in [0.3, 0.4) is 0 Å². The third-order valence-corrected chi connectivity index (χ3v) is 10.6. The number of ether oxygens (including phenoxy) is 1. The number of hydrogen-bond acceptors (Lipinski definition) is 5. The molecule has 52 heavy (non-hydrogen) atoms. The van der Waals surface area contributed by atoms with Gasteiger partial charge in [-0.05, 0) is 32.1 Å². The highest BCUT2D eigenvalue weighted by molar-refractivity contribution is 5.76. The largest absolute Gasteiger partial charge is 0.466 e. The number of rotatable bonds is 42. The molecule has 0 saturated carbocycles. The van der Waals surface area contributed by atoms with Gasteiger partial charge in [-0.15, -0.1) is 0 Å². The van der Waals surface area contributed by atoms with Gasteiger partial charge in [-0.3, -0.25) is 9.59 Å². The van der Waals surface area contributed by atoms with Crippen molar-refractivity contribution in [3.63, 3.8) is 0 Å². The van der Waals surface area contributed by atoms with Crippen molar-refractivity contribution in [1.29, 1.82) is 0 Å². The van der Waals surface area contributed by atoms with Crippen LogP contribution < -0.4 is 5.32 Å². The maximum Gasteiger partial charge on any atom is 0.305 e. The Kier molecular flexibility index (Phi) is 41.2. The molecule has 2 atom stereocenters. The van der Waals surface area contributed by atoms with E-state index < -0.39 is 12.1 Å². The fourth-order valence-electron chi connectivity index (χ4n) is 6.98. The first kappa shape index (κ1) is 50.6. The predicted molar refractivity (Wildman–Crippen MR) is 223 cm³/mol. The van der Waals surface area contributed by atoms with E-state index in [2.05, 4.69) is 19.2 Å². The molecule has 1 amide bonds. The van der Waals surface area contributed by atoms with E-state index in [-0.39, 0.29) is 18.5 Å². The zero-order valence-electron chi connectivity index (χ0n) is 34.8. The van der Waals surface area contributed by atoms with E-state index in [1.54, 1.807) is 6.08 Å². The number of esters is 1. The summed E-state index contributed by atoms with van der Waals surface area (Å²) in [5.74, 6) is -0.111. The molecule has 0 aliphatic carbocycles. The van der Waals surface area contributed by atoms with Gasteiger partial charge >= 0.3 is 5.97 Å². The number of aliphatic hydroxyl groups excluding tert-OH is 2. The molecular weight excluding hydrogens is 647 g/mol. The highest BCUT2D eigenvalue weighted by Crippen LogP contribution is 2.15. The van der Waals surface area contributed by atoms with E-state index in [0.717, 1.165) is 57.8 Å². The molecule has 0 aromatic rings. The van der Waals surface area contributed by atoms with Gasteiger partial charge in [0.15, 0.2) is 0 Å². The Hall–Kier alpha value is -1.40. The zero-order chi connectivity index (χ0) is 38.0. The molecule has 3 N–H and O–H groups in total. The molecule has 0 radical (unpaired) electrons. The van der Waals surface area contributed by atoms with Crippen LogP contribution in [0, 0.1) is 0 Å². The molecule has 6 heteroatoms. The average molecular weight is 736 g/mol. The monoisotopic (exact) mass is 736 g/mol. The van der Waals surface area contributed by atoms with Crippen LogP contribution in [0.4, 0.5) is 0 Å². The van der Waals surface area contributed by atoms with Crippen LogP contribution in [0.1, 0.15) is 245 Å². The minimum absolute atomic E-state index is 0.0193. The van der Waals surface area contributed by atoms with E-state index in [0.29, 0.717) is 19.4 Å². The van der Waals surface area contributed by atoms with Crippen molar-refractivity contribution in [3.8, 4) is 0 Å². The lowest BCUT2D eigenvalue weighted by atomic mass is 10.0. The Labute approximate surface area is 323 Å². The molecule has 6 nitrogen and oxygen atoms in total. The number of allylic oxidation sites excluding steroid dienone is 1. The van der Waals surface area contributed by atoms with Crippen LogP contribution in [0.5, 0.6) is 0 Å². The van der Waals surface area contributed by atoms with Gasteiger partial charge in [0.25, 0.3) is 0 Å². The number of carbonyl (C=O) groups excluding carboxylic acids is 2. The highest BCUT2D eigenvalue weighted by atomic mass is 16.5. The van der Waals surface area contributed by atoms with E-state index in [1.807, 2.05) is 6.08 Å². The van der Waals surface area contributed by atoms with Crippen molar-refractivity contribution in [3.05, 3.63) is 12.2 Å². The number of nitrogens with one attached hydrogen (secondary N) is 1. The number of carbonyl (C=O) groups is 2. The average Bonchev–Trinajstić information content (AvgIpc) is 3.14. The summed E-state index contributed by atoms with van der Waals surface area (Å²) < 4.78 is 5.44. The Morgan fingerprint density at radius 2 is 0.885 bits per heavy atom. The third-order valence-electron chi connectivity index (χ3n) is 10.6. The quantitative estimate of drug-likeness (QED) is 0.0329. The summed E-state index contributed by atoms with van der Waals surface area (Å²) in [5.41, 5.74) is 0. The molecule has 2 unspecified atom stereocenters. The molecule has 0 spiro atoms. The van der Waals surface area contributed by atoms with E-state index in [9.17, 15) is 19.8 Å². The molecule has 0 aliphatic rings. The van der Waals surface area contributed by atoms with Gasteiger partial charge in [-0.1, -0.05) is 212 Å². The third kappa shape index (κ3) is 38.3. The fraction of sp³-hybridized carbons (Fsp3) is 0.913. The number of amides is 1. The van der Waals surface area contributed by atoms with Crippen LogP contribution in [0.25, 0.3) is 0 Å². The lowest BCUT2D eigenvalue weighted by molar-refractivity contribution is -0.143. The lowest BCUT2D eigenvalue weighted by Gasteiger charge is -2.20. The second kappa shape index (κ2) is 42.3. The molecule has 0 bridgehead atoms. The molecule has 308 valence electrons. The summed E-state index contributed by atoms with van der Waals surface area (Å²) >= 11 is 0. The first-order chi connectivity index (χ1) is 25.5. The molecule has 0 saturated heterocycles. The van der Waals surface area contributed by atoms with Crippen molar-refractivity contribution in [1.82, 2.24) is 5.32 Å². The van der Waals surface area contributed by atoms with Gasteiger partial charge in [-0.25, -0.2) is 0 Å². The number of hydrogen-bond donors (Lipinski definition) is 3. The number of unbranched alkanes of at least 4 members (excludes halogenated alkanes) is 31. The summed E-state index contributed by atoms with van der Waals surface area (Å²) in [6.07, 6.45) is 46.2. The van der Waals surface area contributed by atoms with Gasteiger partial charge in [-0.2, -0.15) is 0 Å². The smallest absolute Gasteiger partial charge is 0.305 e. The summed E-state index contributed by atoms with van der Waals surface area (Å²) in [6.45, 7) is 4.83. The van der Waals surface area contributed by atoms with Crippen LogP contribution in [0.2, 0.25) is 0 Å². The van der Waals surface area contributed by atoms with Crippen LogP contribution in [-0.4, -0.2) is 47.4 Å². The van der Waals surface area contributed by atoms with E-state index in [4.69, 9.17) is 4.74 Å². The minimum atomic E-state index is -0.855. The summed E-state index contributed by atoms with van der Waals surface area (Å²) in [7, 11) is 0. The molecule has 0 heterocycles. The topological polar surface area (TPSA) is 95.9 Å². The molecular formula is C46H89NO5. The summed E-state index contributed by atoms with van der Waals surface area (Å²) in [4.78, 5) is 24.4. The van der Waals surface area contributed by atoms with Crippen molar-refractivity contribution in [2.45, 2.75) is 257 Å². The van der Waals surface area contributed by atoms with Crippen molar-refractivity contribution < 1.29 is 24.5 Å². The van der Waals surface area contributed by atoms with Gasteiger partial charge in [0.2, 0.25) is 5.91 Å². The second-order valence-corrected chi connectivity index (χ2v) is 15.7. The number of aliphatic hydroxyl groups is 2. The van der Waals surface area contributed by atoms with Gasteiger partial charge in [0, 0.05) is 12.8 Å². The minimum Gasteiger partial charge on any atom is -0.466 e. The summed E-state index contributed by atoms with van der Waals surface area (Å²) in [6, 6.07) is -0.641. The van der Waals surface area contributed by atoms with Crippen LogP contribution >= 0.6 is 0 Å². The maximum atomic E-state index is 12.4. The maximum absolute atomic E-state index is 12.4. The van der Waals surface area contributed by atoms with Crippen LogP contribution in [-0.2, 0) is 14.3 Å². The molecule has 0 fully saturated rings. The first-order valence-corrected chi connectivity index (χ1v) is 23.0. The first-order valence-electron chi connectivity index (χ1n) is 23.0. The normalized spacial score (nSPS) is 12.8. The molecule has 0 aromatic heterocycles. The Bertz CT molecular complexity index is 772. The van der Waals surface area contributed by atoms with Crippen LogP contribution in [0.15, 0.2) is 12.2 Å². The molecule has 0 aliphatic heterocycles. The predicted octanol–water partition coefficient (Wildman–Crippen LogP) is 13.0. The standard InChI is InChI=1S/C46H89NO5/c1-3-5-7-9-11-13-15-16-17-19-24-28-32-36-40-46(51)52-41-37-33-29-25-21-20-23-27-31-35-39-45(50)47-43(42-48)44(49)38-34-30-26-22-18-14-12-10-8-6-4-2/h34,38,43-44,48-49H,3-33,35-37,39-42H2,1-2H3,(H,47,50)/b38-34+. The SMILES string of the molecule is CCCCCCCCCCC/C=C/C(O)C(CO)NC(=O)CCCCCCCCCCCCOC(=O)CCCCCCCCCCCCCCCC. The Balaban J connectivity index is 3.49. The fourth-order valence-corrected chi connectivity index (χ4v) is 6.98. The van der Waals surface area contributed by atoms with Gasteiger partial charge in [0.05, 0.1) is 25.4 Å². The highest BCUT2D eigenvalue weighted by Gasteiger charge is 2.18. The molecule has 0 rings (SSSR count). The lowest BCUT2D eigenvalue weighted by Crippen LogP contribution is -2.45. The van der Waals surface area contributed by atoms with Gasteiger partial charge < -0.3 is 20.3 Å². The van der Waals surface area contributed by atoms with Crippen molar-refractivity contribution in [2.24, 2.45) is 0 Å².